The second-order valence-electron chi connectivity index (χ2n) is 4.42. The molecule has 1 atom stereocenters. The molecule has 3 rings (SSSR count). The van der Waals surface area contributed by atoms with Crippen LogP contribution in [0.2, 0.25) is 0 Å². The number of carbonyl (C=O) groups is 1. The minimum atomic E-state index is -0.206. The molecule has 3 aromatic rings. The summed E-state index contributed by atoms with van der Waals surface area (Å²) in [6, 6.07) is 7.86. The summed E-state index contributed by atoms with van der Waals surface area (Å²) in [5, 5.41) is 10.5. The van der Waals surface area contributed by atoms with Crippen LogP contribution in [0.1, 0.15) is 13.8 Å². The molecule has 1 aromatic carbocycles. The van der Waals surface area contributed by atoms with Gasteiger partial charge in [0.15, 0.2) is 5.16 Å². The summed E-state index contributed by atoms with van der Waals surface area (Å²) >= 11 is 1.42. The summed E-state index contributed by atoms with van der Waals surface area (Å²) in [6.45, 7) is 4.41. The van der Waals surface area contributed by atoms with Crippen molar-refractivity contribution in [1.82, 2.24) is 24.9 Å². The van der Waals surface area contributed by atoms with Gasteiger partial charge in [0.1, 0.15) is 0 Å². The van der Waals surface area contributed by atoms with Crippen molar-refractivity contribution in [1.29, 1.82) is 0 Å². The molecule has 6 nitrogen and oxygen atoms in total. The Morgan fingerprint density at radius 1 is 1.50 bits per heavy atom. The van der Waals surface area contributed by atoms with Gasteiger partial charge in [0, 0.05) is 6.54 Å². The van der Waals surface area contributed by atoms with Crippen LogP contribution in [0.5, 0.6) is 0 Å². The number of nitrogens with one attached hydrogen (secondary N) is 2. The zero-order chi connectivity index (χ0) is 14.1. The summed E-state index contributed by atoms with van der Waals surface area (Å²) in [6.07, 6.45) is 0. The van der Waals surface area contributed by atoms with Crippen LogP contribution in [0.3, 0.4) is 0 Å². The number of hydrogen-bond donors (Lipinski definition) is 2. The van der Waals surface area contributed by atoms with Crippen molar-refractivity contribution in [3.63, 3.8) is 0 Å². The minimum Gasteiger partial charge on any atom is -0.355 e. The van der Waals surface area contributed by atoms with Crippen molar-refractivity contribution in [2.45, 2.75) is 24.3 Å². The van der Waals surface area contributed by atoms with Crippen LogP contribution in [0.4, 0.5) is 0 Å². The molecule has 0 saturated carbocycles. The first-order valence-corrected chi connectivity index (χ1v) is 7.34. The van der Waals surface area contributed by atoms with Gasteiger partial charge in [0.2, 0.25) is 11.7 Å². The van der Waals surface area contributed by atoms with E-state index in [2.05, 4.69) is 20.5 Å². The number of hydrogen-bond acceptors (Lipinski definition) is 4. The molecule has 0 unspecified atom stereocenters. The lowest BCUT2D eigenvalue weighted by atomic mass is 10.3. The lowest BCUT2D eigenvalue weighted by molar-refractivity contribution is -0.120. The van der Waals surface area contributed by atoms with Crippen LogP contribution in [0, 0.1) is 0 Å². The highest BCUT2D eigenvalue weighted by Crippen LogP contribution is 2.25. The van der Waals surface area contributed by atoms with Gasteiger partial charge in [-0.2, -0.15) is 0 Å². The molecule has 20 heavy (non-hydrogen) atoms. The van der Waals surface area contributed by atoms with Crippen molar-refractivity contribution >= 4 is 34.5 Å². The molecule has 0 bridgehead atoms. The highest BCUT2D eigenvalue weighted by Gasteiger charge is 2.18. The van der Waals surface area contributed by atoms with E-state index in [9.17, 15) is 4.79 Å². The van der Waals surface area contributed by atoms with E-state index in [1.807, 2.05) is 42.5 Å². The number of aromatic amines is 1. The monoisotopic (exact) mass is 289 g/mol. The fraction of sp³-hybridized carbons (Fsp3) is 0.308. The molecule has 0 radical (unpaired) electrons. The largest absolute Gasteiger partial charge is 0.355 e. The lowest BCUT2D eigenvalue weighted by Crippen LogP contribution is -2.30. The zero-order valence-corrected chi connectivity index (χ0v) is 12.1. The van der Waals surface area contributed by atoms with Gasteiger partial charge in [-0.1, -0.05) is 23.9 Å². The summed E-state index contributed by atoms with van der Waals surface area (Å²) in [5.74, 6) is 0.704. The van der Waals surface area contributed by atoms with Gasteiger partial charge in [0.05, 0.1) is 16.3 Å². The number of rotatable bonds is 4. The van der Waals surface area contributed by atoms with E-state index >= 15 is 0 Å². The number of imidazole rings is 1. The van der Waals surface area contributed by atoms with E-state index in [0.717, 1.165) is 16.2 Å². The molecule has 0 aliphatic rings. The summed E-state index contributed by atoms with van der Waals surface area (Å²) < 4.78 is 1.94. The zero-order valence-electron chi connectivity index (χ0n) is 11.3. The highest BCUT2D eigenvalue weighted by atomic mass is 32.2. The topological polar surface area (TPSA) is 75.1 Å². The van der Waals surface area contributed by atoms with E-state index in [0.29, 0.717) is 12.3 Å². The van der Waals surface area contributed by atoms with Gasteiger partial charge in [-0.3, -0.25) is 9.20 Å². The average Bonchev–Trinajstić information content (AvgIpc) is 2.99. The molecule has 0 saturated heterocycles. The van der Waals surface area contributed by atoms with E-state index in [1.54, 1.807) is 0 Å². The van der Waals surface area contributed by atoms with Crippen molar-refractivity contribution in [2.75, 3.05) is 6.54 Å². The Labute approximate surface area is 120 Å². The standard InChI is InChI=1S/C13H15N5OS/c1-3-14-11(19)8(2)20-13-17-16-12-15-9-6-4-5-7-10(9)18(12)13/h4-8H,3H2,1-2H3,(H,14,19)(H,15,16)/t8-/m1/s1. The van der Waals surface area contributed by atoms with E-state index in [4.69, 9.17) is 0 Å². The smallest absolute Gasteiger partial charge is 0.233 e. The number of para-hydroxylation sites is 2. The number of fused-ring (bicyclic) bond motifs is 3. The van der Waals surface area contributed by atoms with Crippen molar-refractivity contribution in [2.24, 2.45) is 0 Å². The average molecular weight is 289 g/mol. The summed E-state index contributed by atoms with van der Waals surface area (Å²) in [7, 11) is 0. The number of amides is 1. The Morgan fingerprint density at radius 3 is 3.10 bits per heavy atom. The number of carbonyl (C=O) groups excluding carboxylic acids is 1. The quantitative estimate of drug-likeness (QED) is 0.719. The maximum Gasteiger partial charge on any atom is 0.233 e. The van der Waals surface area contributed by atoms with Crippen molar-refractivity contribution in [3.05, 3.63) is 24.3 Å². The Balaban J connectivity index is 1.97. The first-order chi connectivity index (χ1) is 9.70. The van der Waals surface area contributed by atoms with Gasteiger partial charge in [-0.05, 0) is 26.0 Å². The Kier molecular flexibility index (Phi) is 3.35. The number of aromatic nitrogens is 4. The van der Waals surface area contributed by atoms with Crippen LogP contribution >= 0.6 is 11.8 Å². The van der Waals surface area contributed by atoms with Crippen LogP contribution in [-0.4, -0.2) is 37.3 Å². The van der Waals surface area contributed by atoms with Crippen LogP contribution in [0.15, 0.2) is 29.4 Å². The van der Waals surface area contributed by atoms with Crippen LogP contribution in [-0.2, 0) is 4.79 Å². The van der Waals surface area contributed by atoms with Gasteiger partial charge < -0.3 is 5.32 Å². The first-order valence-electron chi connectivity index (χ1n) is 6.46. The molecule has 104 valence electrons. The molecule has 7 heteroatoms. The molecule has 0 aliphatic heterocycles. The Hall–Kier alpha value is -2.02. The van der Waals surface area contributed by atoms with Crippen molar-refractivity contribution < 1.29 is 4.79 Å². The van der Waals surface area contributed by atoms with Crippen molar-refractivity contribution in [3.8, 4) is 0 Å². The van der Waals surface area contributed by atoms with Crippen LogP contribution in [0.25, 0.3) is 16.8 Å². The minimum absolute atomic E-state index is 0.0121. The second kappa shape index (κ2) is 5.16. The molecule has 1 amide bonds. The normalized spacial score (nSPS) is 12.9. The highest BCUT2D eigenvalue weighted by molar-refractivity contribution is 8.00. The third kappa shape index (κ3) is 2.14. The lowest BCUT2D eigenvalue weighted by Gasteiger charge is -2.08. The molecule has 0 spiro atoms. The van der Waals surface area contributed by atoms with Gasteiger partial charge in [-0.15, -0.1) is 5.10 Å². The molecule has 2 heterocycles. The van der Waals surface area contributed by atoms with Gasteiger partial charge in [-0.25, -0.2) is 10.1 Å². The third-order valence-corrected chi connectivity index (χ3v) is 4.06. The summed E-state index contributed by atoms with van der Waals surface area (Å²) in [5.41, 5.74) is 1.90. The fourth-order valence-electron chi connectivity index (χ4n) is 2.05. The number of H-pyrrole nitrogens is 1. The molecule has 2 N–H and O–H groups in total. The second-order valence-corrected chi connectivity index (χ2v) is 5.73. The van der Waals surface area contributed by atoms with Gasteiger partial charge >= 0.3 is 0 Å². The Bertz CT molecular complexity index is 762. The van der Waals surface area contributed by atoms with Gasteiger partial charge in [0.25, 0.3) is 0 Å². The predicted molar refractivity (Wildman–Crippen MR) is 78.8 cm³/mol. The van der Waals surface area contributed by atoms with E-state index in [1.165, 1.54) is 11.8 Å². The number of benzene rings is 1. The summed E-state index contributed by atoms with van der Waals surface area (Å²) in [4.78, 5) is 16.3. The third-order valence-electron chi connectivity index (χ3n) is 3.01. The molecular weight excluding hydrogens is 274 g/mol. The molecule has 2 aromatic heterocycles. The molecule has 0 aliphatic carbocycles. The van der Waals surface area contributed by atoms with E-state index in [-0.39, 0.29) is 11.2 Å². The Morgan fingerprint density at radius 2 is 2.30 bits per heavy atom. The predicted octanol–water partition coefficient (Wildman–Crippen LogP) is 1.83. The van der Waals surface area contributed by atoms with Crippen LogP contribution < -0.4 is 5.32 Å². The maximum atomic E-state index is 11.8. The fourth-order valence-corrected chi connectivity index (χ4v) is 2.95. The maximum absolute atomic E-state index is 11.8. The number of nitrogens with zero attached hydrogens (tertiary/aromatic N) is 3. The number of thioether (sulfide) groups is 1. The van der Waals surface area contributed by atoms with E-state index < -0.39 is 0 Å². The first kappa shape index (κ1) is 13.0. The molecular formula is C13H15N5OS. The molecule has 0 fully saturated rings. The SMILES string of the molecule is CCNC(=O)[C@@H](C)Sc1n[nH]c2nc3ccccc3n12.